The van der Waals surface area contributed by atoms with E-state index in [0.29, 0.717) is 17.3 Å². The van der Waals surface area contributed by atoms with Gasteiger partial charge in [0.25, 0.3) is 5.91 Å². The number of nitrogens with zero attached hydrogens (tertiary/aromatic N) is 2. The lowest BCUT2D eigenvalue weighted by Crippen LogP contribution is -2.37. The Kier molecular flexibility index (Phi) is 4.21. The fourth-order valence-corrected chi connectivity index (χ4v) is 3.62. The Hall–Kier alpha value is -2.34. The summed E-state index contributed by atoms with van der Waals surface area (Å²) in [6.07, 6.45) is 4.07. The van der Waals surface area contributed by atoms with E-state index in [1.54, 1.807) is 29.2 Å². The van der Waals surface area contributed by atoms with Gasteiger partial charge in [-0.15, -0.1) is 0 Å². The van der Waals surface area contributed by atoms with Gasteiger partial charge in [0.15, 0.2) is 0 Å². The minimum Gasteiger partial charge on any atom is -0.350 e. The number of anilines is 1. The topological polar surface area (TPSA) is 75.4 Å². The zero-order valence-corrected chi connectivity index (χ0v) is 14.4. The monoisotopic (exact) mass is 359 g/mol. The first-order valence-electron chi connectivity index (χ1n) is 8.46. The van der Waals surface area contributed by atoms with Crippen molar-refractivity contribution in [2.75, 3.05) is 11.4 Å². The van der Waals surface area contributed by atoms with Gasteiger partial charge in [-0.1, -0.05) is 16.8 Å². The highest BCUT2D eigenvalue weighted by Crippen LogP contribution is 2.26. The first-order valence-corrected chi connectivity index (χ1v) is 8.84. The van der Waals surface area contributed by atoms with E-state index >= 15 is 0 Å². The molecule has 1 saturated heterocycles. The second-order valence-corrected chi connectivity index (χ2v) is 6.94. The summed E-state index contributed by atoms with van der Waals surface area (Å²) < 4.78 is 5.27. The summed E-state index contributed by atoms with van der Waals surface area (Å²) in [5.74, 6) is -0.00859. The Morgan fingerprint density at radius 3 is 2.80 bits per heavy atom. The number of fused-ring (bicyclic) bond motifs is 1. The summed E-state index contributed by atoms with van der Waals surface area (Å²) in [5, 5.41) is 7.54. The molecule has 0 saturated carbocycles. The van der Waals surface area contributed by atoms with E-state index in [4.69, 9.17) is 16.1 Å². The molecular formula is C18H18ClN3O3. The van der Waals surface area contributed by atoms with Crippen LogP contribution in [0.4, 0.5) is 5.69 Å². The lowest BCUT2D eigenvalue weighted by atomic mass is 9.96. The lowest BCUT2D eigenvalue weighted by Gasteiger charge is -2.17. The molecule has 0 spiro atoms. The number of carbonyl (C=O) groups excluding carboxylic acids is 2. The van der Waals surface area contributed by atoms with Gasteiger partial charge in [0.05, 0.1) is 11.7 Å². The van der Waals surface area contributed by atoms with Gasteiger partial charge in [-0.3, -0.25) is 9.59 Å². The Balaban J connectivity index is 1.45. The zero-order chi connectivity index (χ0) is 17.4. The molecule has 4 rings (SSSR count). The van der Waals surface area contributed by atoms with Crippen LogP contribution in [0.15, 0.2) is 28.8 Å². The molecular weight excluding hydrogens is 342 g/mol. The second-order valence-electron chi connectivity index (χ2n) is 6.50. The number of amides is 2. The summed E-state index contributed by atoms with van der Waals surface area (Å²) >= 11 is 5.89. The quantitative estimate of drug-likeness (QED) is 0.914. The van der Waals surface area contributed by atoms with Crippen molar-refractivity contribution in [1.82, 2.24) is 10.5 Å². The zero-order valence-electron chi connectivity index (χ0n) is 13.6. The van der Waals surface area contributed by atoms with Gasteiger partial charge in [-0.05, 0) is 49.9 Å². The van der Waals surface area contributed by atoms with Crippen LogP contribution in [0.5, 0.6) is 0 Å². The molecule has 2 heterocycles. The summed E-state index contributed by atoms with van der Waals surface area (Å²) in [6, 6.07) is 6.85. The second kappa shape index (κ2) is 6.52. The average Bonchev–Trinajstić information content (AvgIpc) is 3.19. The van der Waals surface area contributed by atoms with Gasteiger partial charge < -0.3 is 14.7 Å². The van der Waals surface area contributed by atoms with Gasteiger partial charge in [0.2, 0.25) is 11.7 Å². The number of halogens is 1. The van der Waals surface area contributed by atoms with Crippen LogP contribution in [0.1, 0.15) is 41.1 Å². The summed E-state index contributed by atoms with van der Waals surface area (Å²) in [5.41, 5.74) is 2.59. The molecule has 6 nitrogen and oxygen atoms in total. The molecule has 0 bridgehead atoms. The van der Waals surface area contributed by atoms with Crippen LogP contribution in [-0.4, -0.2) is 29.6 Å². The van der Waals surface area contributed by atoms with E-state index in [2.05, 4.69) is 10.5 Å². The van der Waals surface area contributed by atoms with Crippen LogP contribution >= 0.6 is 11.6 Å². The van der Waals surface area contributed by atoms with E-state index in [1.165, 1.54) is 0 Å². The number of aryl methyl sites for hydroxylation is 1. The van der Waals surface area contributed by atoms with Gasteiger partial charge in [0, 0.05) is 29.2 Å². The fourth-order valence-electron chi connectivity index (χ4n) is 3.49. The van der Waals surface area contributed by atoms with Crippen LogP contribution in [0.2, 0.25) is 5.02 Å². The third-order valence-corrected chi connectivity index (χ3v) is 5.02. The number of aromatic nitrogens is 1. The highest BCUT2D eigenvalue weighted by atomic mass is 35.5. The van der Waals surface area contributed by atoms with Crippen LogP contribution in [0.25, 0.3) is 0 Å². The van der Waals surface area contributed by atoms with E-state index in [0.717, 1.165) is 42.6 Å². The molecule has 1 aliphatic heterocycles. The maximum absolute atomic E-state index is 12.5. The molecule has 0 unspecified atom stereocenters. The SMILES string of the molecule is O=C(N[C@H]1CC(=O)N(c2ccc(Cl)cc2)C1)c1onc2c1CCCC2. The molecule has 1 N–H and O–H groups in total. The van der Waals surface area contributed by atoms with Crippen molar-refractivity contribution in [3.05, 3.63) is 46.3 Å². The van der Waals surface area contributed by atoms with Crippen molar-refractivity contribution in [2.45, 2.75) is 38.1 Å². The minimum atomic E-state index is -0.286. The summed E-state index contributed by atoms with van der Waals surface area (Å²) in [6.45, 7) is 0.433. The average molecular weight is 360 g/mol. The first kappa shape index (κ1) is 16.1. The fraction of sp³-hybridized carbons (Fsp3) is 0.389. The number of carbonyl (C=O) groups is 2. The normalized spacial score (nSPS) is 19.8. The molecule has 2 amide bonds. The summed E-state index contributed by atoms with van der Waals surface area (Å²) in [7, 11) is 0. The maximum Gasteiger partial charge on any atom is 0.290 e. The van der Waals surface area contributed by atoms with Gasteiger partial charge >= 0.3 is 0 Å². The van der Waals surface area contributed by atoms with Crippen molar-refractivity contribution < 1.29 is 14.1 Å². The van der Waals surface area contributed by atoms with Gasteiger partial charge in [-0.25, -0.2) is 0 Å². The number of rotatable bonds is 3. The van der Waals surface area contributed by atoms with E-state index < -0.39 is 0 Å². The summed E-state index contributed by atoms with van der Waals surface area (Å²) in [4.78, 5) is 26.5. The molecule has 130 valence electrons. The predicted molar refractivity (Wildman–Crippen MR) is 92.8 cm³/mol. The van der Waals surface area contributed by atoms with Crippen LogP contribution in [0.3, 0.4) is 0 Å². The third-order valence-electron chi connectivity index (χ3n) is 4.76. The highest BCUT2D eigenvalue weighted by Gasteiger charge is 2.33. The molecule has 0 radical (unpaired) electrons. The maximum atomic E-state index is 12.5. The molecule has 2 aliphatic rings. The van der Waals surface area contributed by atoms with Crippen LogP contribution in [0, 0.1) is 0 Å². The third kappa shape index (κ3) is 3.14. The van der Waals surface area contributed by atoms with E-state index in [1.807, 2.05) is 0 Å². The van der Waals surface area contributed by atoms with Crippen molar-refractivity contribution >= 4 is 29.1 Å². The Morgan fingerprint density at radius 1 is 1.24 bits per heavy atom. The number of benzene rings is 1. The molecule has 1 aliphatic carbocycles. The molecule has 1 atom stereocenters. The van der Waals surface area contributed by atoms with Crippen molar-refractivity contribution in [3.63, 3.8) is 0 Å². The predicted octanol–water partition coefficient (Wildman–Crippen LogP) is 2.74. The first-order chi connectivity index (χ1) is 12.1. The molecule has 1 aromatic heterocycles. The molecule has 25 heavy (non-hydrogen) atoms. The van der Waals surface area contributed by atoms with Crippen LogP contribution < -0.4 is 10.2 Å². The van der Waals surface area contributed by atoms with Crippen molar-refractivity contribution in [1.29, 1.82) is 0 Å². The van der Waals surface area contributed by atoms with Gasteiger partial charge in [-0.2, -0.15) is 0 Å². The number of hydrogen-bond acceptors (Lipinski definition) is 4. The molecule has 2 aromatic rings. The smallest absolute Gasteiger partial charge is 0.290 e. The molecule has 1 fully saturated rings. The molecule has 1 aromatic carbocycles. The van der Waals surface area contributed by atoms with Crippen LogP contribution in [-0.2, 0) is 17.6 Å². The number of nitrogens with one attached hydrogen (secondary N) is 1. The van der Waals surface area contributed by atoms with Gasteiger partial charge in [0.1, 0.15) is 0 Å². The Labute approximate surface area is 150 Å². The highest BCUT2D eigenvalue weighted by molar-refractivity contribution is 6.30. The number of hydrogen-bond donors (Lipinski definition) is 1. The Morgan fingerprint density at radius 2 is 2.00 bits per heavy atom. The van der Waals surface area contributed by atoms with E-state index in [9.17, 15) is 9.59 Å². The van der Waals surface area contributed by atoms with Crippen molar-refractivity contribution in [3.8, 4) is 0 Å². The Bertz CT molecular complexity index is 815. The van der Waals surface area contributed by atoms with E-state index in [-0.39, 0.29) is 24.3 Å². The minimum absolute atomic E-state index is 0.0211. The lowest BCUT2D eigenvalue weighted by molar-refractivity contribution is -0.117. The largest absolute Gasteiger partial charge is 0.350 e. The standard InChI is InChI=1S/C18H18ClN3O3/c19-11-5-7-13(8-6-11)22-10-12(9-16(22)23)20-18(24)17-14-3-1-2-4-15(14)21-25-17/h5-8,12H,1-4,9-10H2,(H,20,24)/t12-/m0/s1. The molecule has 7 heteroatoms. The van der Waals surface area contributed by atoms with Crippen molar-refractivity contribution in [2.24, 2.45) is 0 Å².